The molecular weight excluding hydrogens is 170 g/mol. The van der Waals surface area contributed by atoms with Crippen LogP contribution >= 0.6 is 0 Å². The lowest BCUT2D eigenvalue weighted by molar-refractivity contribution is -0.142. The molecule has 0 aliphatic heterocycles. The quantitative estimate of drug-likeness (QED) is 0.478. The van der Waals surface area contributed by atoms with Crippen molar-refractivity contribution in [3.05, 3.63) is 29.6 Å². The van der Waals surface area contributed by atoms with Gasteiger partial charge in [0.15, 0.2) is 0 Å². The molecule has 0 bridgehead atoms. The van der Waals surface area contributed by atoms with Crippen LogP contribution in [0.5, 0.6) is 0 Å². The molecule has 0 spiro atoms. The van der Waals surface area contributed by atoms with Crippen molar-refractivity contribution < 1.29 is 13.9 Å². The van der Waals surface area contributed by atoms with Crippen LogP contribution in [-0.2, 0) is 16.1 Å². The van der Waals surface area contributed by atoms with Crippen LogP contribution in [0.1, 0.15) is 12.5 Å². The van der Waals surface area contributed by atoms with Gasteiger partial charge in [0.25, 0.3) is 0 Å². The molecule has 0 radical (unpaired) electrons. The van der Waals surface area contributed by atoms with E-state index in [2.05, 4.69) is 4.74 Å². The Bertz CT molecular complexity index is 325. The molecule has 0 saturated carbocycles. The van der Waals surface area contributed by atoms with Crippen molar-refractivity contribution in [2.45, 2.75) is 13.5 Å². The lowest BCUT2D eigenvalue weighted by Crippen LogP contribution is -2.06. The molecule has 68 valence electrons. The van der Waals surface area contributed by atoms with Crippen LogP contribution < -0.4 is 5.46 Å². The minimum absolute atomic E-state index is 0.00144. The maximum atomic E-state index is 13.1. The predicted molar refractivity (Wildman–Crippen MR) is 50.0 cm³/mol. The second-order valence-electron chi connectivity index (χ2n) is 2.88. The lowest BCUT2D eigenvalue weighted by Gasteiger charge is -2.03. The largest absolute Gasteiger partial charge is 0.461 e. The summed E-state index contributed by atoms with van der Waals surface area (Å²) < 4.78 is 17.8. The number of benzene rings is 1. The van der Waals surface area contributed by atoms with E-state index in [0.29, 0.717) is 5.56 Å². The summed E-state index contributed by atoms with van der Waals surface area (Å²) in [6, 6.07) is 4.81. The molecule has 0 aliphatic rings. The molecule has 0 aliphatic carbocycles. The summed E-state index contributed by atoms with van der Waals surface area (Å²) in [5.41, 5.74) is 1.25. The highest BCUT2D eigenvalue weighted by molar-refractivity contribution is 6.32. The summed E-state index contributed by atoms with van der Waals surface area (Å²) in [5, 5.41) is 0. The first kappa shape index (κ1) is 9.77. The van der Waals surface area contributed by atoms with E-state index in [4.69, 9.17) is 0 Å². The molecule has 0 unspecified atom stereocenters. The molecule has 0 N–H and O–H groups in total. The summed E-state index contributed by atoms with van der Waals surface area (Å²) in [6.07, 6.45) is 0. The van der Waals surface area contributed by atoms with Gasteiger partial charge in [-0.3, -0.25) is 4.79 Å². The maximum Gasteiger partial charge on any atom is 0.302 e. The number of ether oxygens (including phenoxy) is 1. The van der Waals surface area contributed by atoms with E-state index in [9.17, 15) is 9.18 Å². The highest BCUT2D eigenvalue weighted by Gasteiger charge is 2.03. The minimum atomic E-state index is -0.403. The minimum Gasteiger partial charge on any atom is -0.461 e. The van der Waals surface area contributed by atoms with E-state index in [1.165, 1.54) is 13.0 Å². The fourth-order valence-electron chi connectivity index (χ4n) is 0.949. The second kappa shape index (κ2) is 4.07. The SMILES string of the molecule is Bc1ccc(COC(C)=O)c(F)c1. The van der Waals surface area contributed by atoms with Gasteiger partial charge in [-0.15, -0.1) is 0 Å². The van der Waals surface area contributed by atoms with Crippen molar-refractivity contribution in [2.24, 2.45) is 0 Å². The van der Waals surface area contributed by atoms with Gasteiger partial charge in [0.2, 0.25) is 0 Å². The molecule has 0 aromatic heterocycles. The van der Waals surface area contributed by atoms with Crippen LogP contribution in [0, 0.1) is 5.82 Å². The fraction of sp³-hybridized carbons (Fsp3) is 0.222. The molecule has 1 rings (SSSR count). The van der Waals surface area contributed by atoms with Gasteiger partial charge in [-0.2, -0.15) is 0 Å². The van der Waals surface area contributed by atoms with E-state index < -0.39 is 5.97 Å². The van der Waals surface area contributed by atoms with Crippen LogP contribution in [0.2, 0.25) is 0 Å². The molecule has 0 saturated heterocycles. The Labute approximate surface area is 77.1 Å². The van der Waals surface area contributed by atoms with E-state index >= 15 is 0 Å². The van der Waals surface area contributed by atoms with Gasteiger partial charge >= 0.3 is 5.97 Å². The molecule has 1 aromatic rings. The number of halogens is 1. The van der Waals surface area contributed by atoms with Gasteiger partial charge < -0.3 is 4.74 Å². The first-order chi connectivity index (χ1) is 6.09. The smallest absolute Gasteiger partial charge is 0.302 e. The number of esters is 1. The molecule has 4 heteroatoms. The normalized spacial score (nSPS) is 9.69. The van der Waals surface area contributed by atoms with Crippen LogP contribution in [0.4, 0.5) is 4.39 Å². The Morgan fingerprint density at radius 2 is 2.31 bits per heavy atom. The zero-order valence-electron chi connectivity index (χ0n) is 7.63. The Morgan fingerprint density at radius 3 is 2.85 bits per heavy atom. The third-order valence-corrected chi connectivity index (χ3v) is 1.64. The van der Waals surface area contributed by atoms with Crippen LogP contribution in [-0.4, -0.2) is 13.8 Å². The fourth-order valence-corrected chi connectivity index (χ4v) is 0.949. The number of rotatable bonds is 2. The third-order valence-electron chi connectivity index (χ3n) is 1.64. The molecule has 0 atom stereocenters. The summed E-state index contributed by atoms with van der Waals surface area (Å²) in [4.78, 5) is 10.5. The van der Waals surface area contributed by atoms with Gasteiger partial charge in [-0.1, -0.05) is 17.6 Å². The average Bonchev–Trinajstić information content (AvgIpc) is 2.02. The van der Waals surface area contributed by atoms with Gasteiger partial charge in [-0.25, -0.2) is 4.39 Å². The maximum absolute atomic E-state index is 13.1. The van der Waals surface area contributed by atoms with Crippen molar-refractivity contribution in [3.63, 3.8) is 0 Å². The van der Waals surface area contributed by atoms with E-state index in [1.807, 2.05) is 0 Å². The third kappa shape index (κ3) is 2.90. The summed E-state index contributed by atoms with van der Waals surface area (Å²) in [7, 11) is 1.80. The molecule has 0 amide bonds. The molecule has 0 heterocycles. The van der Waals surface area contributed by atoms with Crippen molar-refractivity contribution in [1.29, 1.82) is 0 Å². The van der Waals surface area contributed by atoms with Gasteiger partial charge in [0, 0.05) is 12.5 Å². The molecule has 0 fully saturated rings. The highest BCUT2D eigenvalue weighted by atomic mass is 19.1. The Hall–Kier alpha value is -1.32. The van der Waals surface area contributed by atoms with Crippen LogP contribution in [0.3, 0.4) is 0 Å². The van der Waals surface area contributed by atoms with Crippen molar-refractivity contribution in [3.8, 4) is 0 Å². The lowest BCUT2D eigenvalue weighted by atomic mass is 9.95. The average molecular weight is 180 g/mol. The topological polar surface area (TPSA) is 26.3 Å². The van der Waals surface area contributed by atoms with E-state index in [-0.39, 0.29) is 12.4 Å². The molecular formula is C9H10BFO2. The van der Waals surface area contributed by atoms with Crippen LogP contribution in [0.15, 0.2) is 18.2 Å². The van der Waals surface area contributed by atoms with Gasteiger partial charge in [0.1, 0.15) is 20.3 Å². The van der Waals surface area contributed by atoms with E-state index in [0.717, 1.165) is 5.46 Å². The van der Waals surface area contributed by atoms with Crippen LogP contribution in [0.25, 0.3) is 0 Å². The van der Waals surface area contributed by atoms with Crippen molar-refractivity contribution in [1.82, 2.24) is 0 Å². The van der Waals surface area contributed by atoms with Crippen molar-refractivity contribution >= 4 is 19.3 Å². The first-order valence-electron chi connectivity index (χ1n) is 3.98. The number of carbonyl (C=O) groups is 1. The molecule has 13 heavy (non-hydrogen) atoms. The summed E-state index contributed by atoms with van der Waals surface area (Å²) in [5.74, 6) is -0.735. The van der Waals surface area contributed by atoms with Crippen molar-refractivity contribution in [2.75, 3.05) is 0 Å². The summed E-state index contributed by atoms with van der Waals surface area (Å²) in [6.45, 7) is 1.30. The number of hydrogen-bond acceptors (Lipinski definition) is 2. The zero-order valence-corrected chi connectivity index (χ0v) is 7.63. The van der Waals surface area contributed by atoms with E-state index in [1.54, 1.807) is 20.0 Å². The summed E-state index contributed by atoms with van der Waals surface area (Å²) >= 11 is 0. The number of hydrogen-bond donors (Lipinski definition) is 0. The second-order valence-corrected chi connectivity index (χ2v) is 2.88. The standard InChI is InChI=1S/C9H10BFO2/c1-6(12)13-5-7-2-3-8(10)4-9(7)11/h2-4H,5,10H2,1H3. The molecule has 2 nitrogen and oxygen atoms in total. The predicted octanol–water partition coefficient (Wildman–Crippen LogP) is 0.147. The van der Waals surface area contributed by atoms with Gasteiger partial charge in [-0.05, 0) is 6.07 Å². The molecule has 1 aromatic carbocycles. The Balaban J connectivity index is 2.72. The Morgan fingerprint density at radius 1 is 1.62 bits per heavy atom. The zero-order chi connectivity index (χ0) is 9.84. The van der Waals surface area contributed by atoms with Gasteiger partial charge in [0.05, 0.1) is 0 Å². The monoisotopic (exact) mass is 180 g/mol. The number of carbonyl (C=O) groups excluding carboxylic acids is 1. The highest BCUT2D eigenvalue weighted by Crippen LogP contribution is 2.06. The Kier molecular flexibility index (Phi) is 3.06. The first-order valence-corrected chi connectivity index (χ1v) is 3.98.